The maximum Gasteiger partial charge on any atom is 0.231 e. The third kappa shape index (κ3) is 3.14. The molecular weight excluding hydrogens is 334 g/mol. The van der Waals surface area contributed by atoms with Gasteiger partial charge in [0.15, 0.2) is 11.5 Å². The largest absolute Gasteiger partial charge is 0.497 e. The van der Waals surface area contributed by atoms with Gasteiger partial charge in [-0.25, -0.2) is 0 Å². The standard InChI is InChI=1S/C16H16BrNO3/c1-19-13-5-6-14(17)12(7-13)9-18-8-11-3-2-4-15-16(11)21-10-20-15/h2-7,18H,8-10H2,1H3. The molecule has 0 bridgehead atoms. The Kier molecular flexibility index (Phi) is 4.31. The van der Waals surface area contributed by atoms with E-state index < -0.39 is 0 Å². The van der Waals surface area contributed by atoms with Crippen LogP contribution in [0.1, 0.15) is 11.1 Å². The van der Waals surface area contributed by atoms with Crippen molar-refractivity contribution in [3.8, 4) is 17.2 Å². The molecule has 21 heavy (non-hydrogen) atoms. The van der Waals surface area contributed by atoms with Gasteiger partial charge in [0, 0.05) is 23.1 Å². The summed E-state index contributed by atoms with van der Waals surface area (Å²) in [5.74, 6) is 2.51. The molecule has 0 saturated heterocycles. The van der Waals surface area contributed by atoms with Crippen molar-refractivity contribution in [3.05, 3.63) is 52.0 Å². The molecule has 0 aromatic heterocycles. The molecule has 0 amide bonds. The molecule has 0 unspecified atom stereocenters. The fourth-order valence-corrected chi connectivity index (χ4v) is 2.66. The van der Waals surface area contributed by atoms with Gasteiger partial charge in [0.05, 0.1) is 7.11 Å². The molecule has 2 aromatic rings. The van der Waals surface area contributed by atoms with Crippen LogP contribution in [0.15, 0.2) is 40.9 Å². The van der Waals surface area contributed by atoms with Gasteiger partial charge in [-0.2, -0.15) is 0 Å². The lowest BCUT2D eigenvalue weighted by Crippen LogP contribution is -2.13. The molecule has 2 aromatic carbocycles. The number of hydrogen-bond donors (Lipinski definition) is 1. The Morgan fingerprint density at radius 3 is 2.86 bits per heavy atom. The molecule has 1 N–H and O–H groups in total. The summed E-state index contributed by atoms with van der Waals surface area (Å²) in [6.07, 6.45) is 0. The summed E-state index contributed by atoms with van der Waals surface area (Å²) in [6.45, 7) is 1.76. The van der Waals surface area contributed by atoms with E-state index in [2.05, 4.69) is 21.2 Å². The first kappa shape index (κ1) is 14.2. The van der Waals surface area contributed by atoms with Crippen LogP contribution in [0.4, 0.5) is 0 Å². The van der Waals surface area contributed by atoms with Gasteiger partial charge in [0.2, 0.25) is 6.79 Å². The summed E-state index contributed by atoms with van der Waals surface area (Å²) in [5.41, 5.74) is 2.25. The third-order valence-corrected chi connectivity index (χ3v) is 4.14. The number of fused-ring (bicyclic) bond motifs is 1. The Balaban J connectivity index is 1.66. The SMILES string of the molecule is COc1ccc(Br)c(CNCc2cccc3c2OCO3)c1. The van der Waals surface area contributed by atoms with Gasteiger partial charge in [0.1, 0.15) is 5.75 Å². The summed E-state index contributed by atoms with van der Waals surface area (Å²) in [6, 6.07) is 11.9. The summed E-state index contributed by atoms with van der Waals surface area (Å²) in [5, 5.41) is 3.42. The number of methoxy groups -OCH3 is 1. The average Bonchev–Trinajstić information content (AvgIpc) is 2.98. The zero-order chi connectivity index (χ0) is 14.7. The second-order valence-electron chi connectivity index (χ2n) is 4.71. The fraction of sp³-hybridized carbons (Fsp3) is 0.250. The molecule has 0 radical (unpaired) electrons. The molecule has 0 spiro atoms. The second kappa shape index (κ2) is 6.37. The molecule has 110 valence electrons. The van der Waals surface area contributed by atoms with Crippen molar-refractivity contribution in [2.24, 2.45) is 0 Å². The highest BCUT2D eigenvalue weighted by atomic mass is 79.9. The summed E-state index contributed by atoms with van der Waals surface area (Å²) in [7, 11) is 1.67. The first-order valence-electron chi connectivity index (χ1n) is 6.68. The van der Waals surface area contributed by atoms with Crippen molar-refractivity contribution in [2.75, 3.05) is 13.9 Å². The molecule has 0 saturated carbocycles. The van der Waals surface area contributed by atoms with Crippen molar-refractivity contribution in [2.45, 2.75) is 13.1 Å². The van der Waals surface area contributed by atoms with Gasteiger partial charge in [-0.1, -0.05) is 28.1 Å². The maximum absolute atomic E-state index is 5.50. The van der Waals surface area contributed by atoms with Gasteiger partial charge in [-0.3, -0.25) is 0 Å². The number of hydrogen-bond acceptors (Lipinski definition) is 4. The number of rotatable bonds is 5. The molecule has 0 atom stereocenters. The summed E-state index contributed by atoms with van der Waals surface area (Å²) < 4.78 is 17.2. The van der Waals surface area contributed by atoms with Gasteiger partial charge < -0.3 is 19.5 Å². The van der Waals surface area contributed by atoms with E-state index in [1.54, 1.807) is 7.11 Å². The highest BCUT2D eigenvalue weighted by molar-refractivity contribution is 9.10. The molecule has 0 aliphatic carbocycles. The Labute approximate surface area is 132 Å². The average molecular weight is 350 g/mol. The van der Waals surface area contributed by atoms with Crippen molar-refractivity contribution >= 4 is 15.9 Å². The predicted molar refractivity (Wildman–Crippen MR) is 83.8 cm³/mol. The molecule has 1 aliphatic heterocycles. The monoisotopic (exact) mass is 349 g/mol. The first-order valence-corrected chi connectivity index (χ1v) is 7.48. The number of ether oxygens (including phenoxy) is 3. The van der Waals surface area contributed by atoms with Crippen LogP contribution in [-0.4, -0.2) is 13.9 Å². The van der Waals surface area contributed by atoms with Crippen LogP contribution in [-0.2, 0) is 13.1 Å². The van der Waals surface area contributed by atoms with E-state index in [0.717, 1.165) is 45.9 Å². The molecule has 1 aliphatic rings. The van der Waals surface area contributed by atoms with Crippen LogP contribution in [0, 0.1) is 0 Å². The van der Waals surface area contributed by atoms with E-state index in [9.17, 15) is 0 Å². The zero-order valence-corrected chi connectivity index (χ0v) is 13.3. The van der Waals surface area contributed by atoms with Crippen molar-refractivity contribution in [1.29, 1.82) is 0 Å². The van der Waals surface area contributed by atoms with E-state index >= 15 is 0 Å². The topological polar surface area (TPSA) is 39.7 Å². The molecule has 4 nitrogen and oxygen atoms in total. The highest BCUT2D eigenvalue weighted by Crippen LogP contribution is 2.35. The minimum absolute atomic E-state index is 0.299. The minimum atomic E-state index is 0.299. The van der Waals surface area contributed by atoms with Crippen LogP contribution in [0.5, 0.6) is 17.2 Å². The molecule has 0 fully saturated rings. The Morgan fingerprint density at radius 2 is 2.00 bits per heavy atom. The number of para-hydroxylation sites is 1. The quantitative estimate of drug-likeness (QED) is 0.896. The van der Waals surface area contributed by atoms with E-state index in [0.29, 0.717) is 6.79 Å². The lowest BCUT2D eigenvalue weighted by molar-refractivity contribution is 0.173. The van der Waals surface area contributed by atoms with E-state index in [4.69, 9.17) is 14.2 Å². The van der Waals surface area contributed by atoms with Crippen LogP contribution in [0.3, 0.4) is 0 Å². The number of nitrogens with one attached hydrogen (secondary N) is 1. The molecule has 3 rings (SSSR count). The van der Waals surface area contributed by atoms with Gasteiger partial charge in [-0.15, -0.1) is 0 Å². The van der Waals surface area contributed by atoms with Crippen molar-refractivity contribution < 1.29 is 14.2 Å². The van der Waals surface area contributed by atoms with E-state index in [1.807, 2.05) is 36.4 Å². The van der Waals surface area contributed by atoms with Crippen molar-refractivity contribution in [3.63, 3.8) is 0 Å². The Hall–Kier alpha value is -1.72. The van der Waals surface area contributed by atoms with E-state index in [-0.39, 0.29) is 0 Å². The first-order chi connectivity index (χ1) is 10.3. The number of halogens is 1. The zero-order valence-electron chi connectivity index (χ0n) is 11.7. The Bertz CT molecular complexity index is 645. The Morgan fingerprint density at radius 1 is 1.14 bits per heavy atom. The minimum Gasteiger partial charge on any atom is -0.497 e. The van der Waals surface area contributed by atoms with Gasteiger partial charge in [0.25, 0.3) is 0 Å². The van der Waals surface area contributed by atoms with Crippen LogP contribution < -0.4 is 19.5 Å². The smallest absolute Gasteiger partial charge is 0.231 e. The molecule has 5 heteroatoms. The summed E-state index contributed by atoms with van der Waals surface area (Å²) >= 11 is 3.56. The maximum atomic E-state index is 5.50. The van der Waals surface area contributed by atoms with Crippen molar-refractivity contribution in [1.82, 2.24) is 5.32 Å². The second-order valence-corrected chi connectivity index (χ2v) is 5.57. The lowest BCUT2D eigenvalue weighted by atomic mass is 10.1. The highest BCUT2D eigenvalue weighted by Gasteiger charge is 2.16. The fourth-order valence-electron chi connectivity index (χ4n) is 2.28. The normalized spacial score (nSPS) is 12.5. The number of benzene rings is 2. The van der Waals surface area contributed by atoms with Crippen LogP contribution in [0.2, 0.25) is 0 Å². The van der Waals surface area contributed by atoms with Gasteiger partial charge in [-0.05, 0) is 29.8 Å². The summed E-state index contributed by atoms with van der Waals surface area (Å²) in [4.78, 5) is 0. The lowest BCUT2D eigenvalue weighted by Gasteiger charge is -2.10. The van der Waals surface area contributed by atoms with E-state index in [1.165, 1.54) is 0 Å². The predicted octanol–water partition coefficient (Wildman–Crippen LogP) is 3.48. The molecule has 1 heterocycles. The molecular formula is C16H16BrNO3. The third-order valence-electron chi connectivity index (χ3n) is 3.36. The van der Waals surface area contributed by atoms with Crippen LogP contribution in [0.25, 0.3) is 0 Å². The van der Waals surface area contributed by atoms with Gasteiger partial charge >= 0.3 is 0 Å². The van der Waals surface area contributed by atoms with Crippen LogP contribution >= 0.6 is 15.9 Å².